The van der Waals surface area contributed by atoms with Crippen molar-refractivity contribution in [2.24, 2.45) is 16.3 Å². The Morgan fingerprint density at radius 3 is 1.90 bits per heavy atom. The van der Waals surface area contributed by atoms with Crippen molar-refractivity contribution in [3.63, 3.8) is 0 Å². The van der Waals surface area contributed by atoms with Crippen molar-refractivity contribution in [1.82, 2.24) is 0 Å². The molecule has 1 aromatic carbocycles. The zero-order chi connectivity index (χ0) is 15.8. The van der Waals surface area contributed by atoms with E-state index in [9.17, 15) is 13.2 Å². The Morgan fingerprint density at radius 2 is 1.55 bits per heavy atom. The normalized spacial score (nSPS) is 13.1. The smallest absolute Gasteiger partial charge is 0.238 e. The summed E-state index contributed by atoms with van der Waals surface area (Å²) in [5.74, 6) is -0.242. The van der Waals surface area contributed by atoms with Crippen LogP contribution in [0.25, 0.3) is 0 Å². The van der Waals surface area contributed by atoms with E-state index in [-0.39, 0.29) is 10.8 Å². The lowest BCUT2D eigenvalue weighted by atomic mass is 9.74. The van der Waals surface area contributed by atoms with Gasteiger partial charge in [-0.2, -0.15) is 0 Å². The second-order valence-corrected chi connectivity index (χ2v) is 7.43. The monoisotopic (exact) mass is 299 g/mol. The third-order valence-corrected chi connectivity index (χ3v) is 4.55. The third-order valence-electron chi connectivity index (χ3n) is 3.62. The highest BCUT2D eigenvalue weighted by Gasteiger charge is 2.40. The molecule has 1 amide bonds. The first kappa shape index (κ1) is 16.6. The van der Waals surface area contributed by atoms with Crippen LogP contribution in [-0.4, -0.2) is 19.9 Å². The quantitative estimate of drug-likeness (QED) is 0.770. The van der Waals surface area contributed by atoms with E-state index >= 15 is 0 Å². The first-order valence-electron chi connectivity index (χ1n) is 6.09. The fourth-order valence-corrected chi connectivity index (χ4v) is 1.82. The number of nitrogens with two attached hydrogens (primary N) is 2. The lowest BCUT2D eigenvalue weighted by molar-refractivity contribution is -0.126. The molecule has 0 aliphatic heterocycles. The molecule has 0 aromatic heterocycles. The Balaban J connectivity index is 2.93. The third kappa shape index (κ3) is 3.56. The van der Waals surface area contributed by atoms with Gasteiger partial charge >= 0.3 is 0 Å². The first-order valence-corrected chi connectivity index (χ1v) is 7.63. The maximum Gasteiger partial charge on any atom is 0.238 e. The Morgan fingerprint density at radius 1 is 1.10 bits per heavy atom. The lowest BCUT2D eigenvalue weighted by Gasteiger charge is -2.36. The second-order valence-electron chi connectivity index (χ2n) is 5.87. The van der Waals surface area contributed by atoms with E-state index in [0.29, 0.717) is 5.69 Å². The molecular formula is C13H21N3O3S. The highest BCUT2D eigenvalue weighted by Crippen LogP contribution is 2.29. The van der Waals surface area contributed by atoms with E-state index in [1.165, 1.54) is 24.3 Å². The SMILES string of the molecule is CC(C)(N)C(C)(C)C(=O)Nc1ccc(S(N)(=O)=O)cc1. The molecule has 0 aliphatic rings. The van der Waals surface area contributed by atoms with E-state index in [0.717, 1.165) is 0 Å². The number of carbonyl (C=O) groups is 1. The zero-order valence-electron chi connectivity index (χ0n) is 12.1. The van der Waals surface area contributed by atoms with Gasteiger partial charge in [0.2, 0.25) is 15.9 Å². The summed E-state index contributed by atoms with van der Waals surface area (Å²) in [6.07, 6.45) is 0. The summed E-state index contributed by atoms with van der Waals surface area (Å²) in [6, 6.07) is 5.64. The maximum absolute atomic E-state index is 12.2. The van der Waals surface area contributed by atoms with Gasteiger partial charge in [-0.05, 0) is 52.0 Å². The summed E-state index contributed by atoms with van der Waals surface area (Å²) < 4.78 is 22.3. The van der Waals surface area contributed by atoms with Gasteiger partial charge in [0.25, 0.3) is 0 Å². The average molecular weight is 299 g/mol. The van der Waals surface area contributed by atoms with Crippen molar-refractivity contribution in [3.8, 4) is 0 Å². The van der Waals surface area contributed by atoms with Crippen molar-refractivity contribution < 1.29 is 13.2 Å². The lowest BCUT2D eigenvalue weighted by Crippen LogP contribution is -2.53. The number of amides is 1. The van der Waals surface area contributed by atoms with Crippen molar-refractivity contribution in [2.45, 2.75) is 38.1 Å². The first-order chi connectivity index (χ1) is 8.85. The van der Waals surface area contributed by atoms with Gasteiger partial charge in [0.15, 0.2) is 0 Å². The highest BCUT2D eigenvalue weighted by atomic mass is 32.2. The molecule has 1 rings (SSSR count). The molecular weight excluding hydrogens is 278 g/mol. The maximum atomic E-state index is 12.2. The fraction of sp³-hybridized carbons (Fsp3) is 0.462. The molecule has 0 heterocycles. The second kappa shape index (κ2) is 5.16. The van der Waals surface area contributed by atoms with Gasteiger partial charge in [-0.3, -0.25) is 4.79 Å². The molecule has 20 heavy (non-hydrogen) atoms. The Hall–Kier alpha value is -1.44. The summed E-state index contributed by atoms with van der Waals surface area (Å²) in [5.41, 5.74) is 5.00. The van der Waals surface area contributed by atoms with Crippen LogP contribution in [0, 0.1) is 5.41 Å². The highest BCUT2D eigenvalue weighted by molar-refractivity contribution is 7.89. The van der Waals surface area contributed by atoms with Crippen LogP contribution in [0.4, 0.5) is 5.69 Å². The Labute approximate surface area is 119 Å². The van der Waals surface area contributed by atoms with Crippen molar-refractivity contribution in [1.29, 1.82) is 0 Å². The van der Waals surface area contributed by atoms with Crippen molar-refractivity contribution in [3.05, 3.63) is 24.3 Å². The van der Waals surface area contributed by atoms with E-state index in [1.807, 2.05) is 0 Å². The minimum Gasteiger partial charge on any atom is -0.326 e. The van der Waals surface area contributed by atoms with Crippen molar-refractivity contribution >= 4 is 21.6 Å². The van der Waals surface area contributed by atoms with Gasteiger partial charge in [-0.25, -0.2) is 13.6 Å². The van der Waals surface area contributed by atoms with Gasteiger partial charge in [-0.1, -0.05) is 0 Å². The minimum atomic E-state index is -3.73. The largest absolute Gasteiger partial charge is 0.326 e. The number of anilines is 1. The van der Waals surface area contributed by atoms with Crippen LogP contribution in [0.3, 0.4) is 0 Å². The molecule has 0 bridgehead atoms. The fourth-order valence-electron chi connectivity index (χ4n) is 1.31. The number of primary sulfonamides is 1. The molecule has 0 saturated carbocycles. The summed E-state index contributed by atoms with van der Waals surface area (Å²) in [6.45, 7) is 7.05. The molecule has 112 valence electrons. The van der Waals surface area contributed by atoms with Crippen LogP contribution in [-0.2, 0) is 14.8 Å². The van der Waals surface area contributed by atoms with Crippen LogP contribution >= 0.6 is 0 Å². The summed E-state index contributed by atoms with van der Waals surface area (Å²) >= 11 is 0. The van der Waals surface area contributed by atoms with E-state index < -0.39 is 21.0 Å². The standard InChI is InChI=1S/C13H21N3O3S/c1-12(2,13(3,4)14)11(17)16-9-5-7-10(8-6-9)20(15,18)19/h5-8H,14H2,1-4H3,(H,16,17)(H2,15,18,19). The number of sulfonamides is 1. The molecule has 0 aliphatic carbocycles. The van der Waals surface area contributed by atoms with Gasteiger partial charge in [0, 0.05) is 11.2 Å². The Kier molecular flexibility index (Phi) is 4.28. The Bertz CT molecular complexity index is 599. The van der Waals surface area contributed by atoms with Crippen LogP contribution in [0.2, 0.25) is 0 Å². The van der Waals surface area contributed by atoms with Crippen molar-refractivity contribution in [2.75, 3.05) is 5.32 Å². The van der Waals surface area contributed by atoms with Gasteiger partial charge in [-0.15, -0.1) is 0 Å². The minimum absolute atomic E-state index is 0.00564. The van der Waals surface area contributed by atoms with Gasteiger partial charge in [0.05, 0.1) is 10.3 Å². The number of benzene rings is 1. The molecule has 0 unspecified atom stereocenters. The summed E-state index contributed by atoms with van der Waals surface area (Å²) in [7, 11) is -3.73. The van der Waals surface area contributed by atoms with Crippen LogP contribution in [0.15, 0.2) is 29.2 Å². The predicted molar refractivity (Wildman–Crippen MR) is 78.5 cm³/mol. The number of hydrogen-bond donors (Lipinski definition) is 3. The van der Waals surface area contributed by atoms with E-state index in [4.69, 9.17) is 10.9 Å². The van der Waals surface area contributed by atoms with Crippen LogP contribution < -0.4 is 16.2 Å². The number of carbonyl (C=O) groups excluding carboxylic acids is 1. The molecule has 0 atom stereocenters. The van der Waals surface area contributed by atoms with Gasteiger partial charge in [0.1, 0.15) is 0 Å². The predicted octanol–water partition coefficient (Wildman–Crippen LogP) is 1.04. The molecule has 5 N–H and O–H groups in total. The molecule has 1 aromatic rings. The molecule has 0 radical (unpaired) electrons. The average Bonchev–Trinajstić information content (AvgIpc) is 2.26. The molecule has 6 nitrogen and oxygen atoms in total. The van der Waals surface area contributed by atoms with E-state index in [1.54, 1.807) is 27.7 Å². The molecule has 7 heteroatoms. The van der Waals surface area contributed by atoms with Crippen LogP contribution in [0.5, 0.6) is 0 Å². The number of nitrogens with one attached hydrogen (secondary N) is 1. The number of rotatable bonds is 4. The van der Waals surface area contributed by atoms with Gasteiger partial charge < -0.3 is 11.1 Å². The van der Waals surface area contributed by atoms with E-state index in [2.05, 4.69) is 5.32 Å². The summed E-state index contributed by atoms with van der Waals surface area (Å²) in [5, 5.41) is 7.72. The molecule has 0 saturated heterocycles. The number of hydrogen-bond acceptors (Lipinski definition) is 4. The topological polar surface area (TPSA) is 115 Å². The molecule has 0 spiro atoms. The summed E-state index contributed by atoms with van der Waals surface area (Å²) in [4.78, 5) is 12.2. The zero-order valence-corrected chi connectivity index (χ0v) is 12.9. The van der Waals surface area contributed by atoms with Crippen LogP contribution in [0.1, 0.15) is 27.7 Å². The molecule has 0 fully saturated rings.